The van der Waals surface area contributed by atoms with E-state index in [4.69, 9.17) is 0 Å². The Bertz CT molecular complexity index is 609. The molecule has 0 heterocycles. The molecule has 0 spiro atoms. The third kappa shape index (κ3) is 2.69. The van der Waals surface area contributed by atoms with Crippen molar-refractivity contribution in [3.05, 3.63) is 65.7 Å². The van der Waals surface area contributed by atoms with Gasteiger partial charge in [-0.2, -0.15) is 0 Å². The van der Waals surface area contributed by atoms with Gasteiger partial charge in [0.15, 0.2) is 0 Å². The Balaban J connectivity index is 1.80. The quantitative estimate of drug-likeness (QED) is 0.843. The van der Waals surface area contributed by atoms with Crippen molar-refractivity contribution in [2.24, 2.45) is 0 Å². The third-order valence-electron chi connectivity index (χ3n) is 3.97. The SMILES string of the molecule is Oc1ccc(C2=CCCC(c3ccc(O)cc3)C2)cc1. The predicted molar refractivity (Wildman–Crippen MR) is 80.8 cm³/mol. The number of benzene rings is 2. The van der Waals surface area contributed by atoms with Gasteiger partial charge in [-0.1, -0.05) is 30.3 Å². The van der Waals surface area contributed by atoms with Gasteiger partial charge in [-0.05, 0) is 66.1 Å². The Morgan fingerprint density at radius 3 is 2.05 bits per heavy atom. The molecule has 1 atom stereocenters. The van der Waals surface area contributed by atoms with Crippen molar-refractivity contribution >= 4 is 5.57 Å². The molecule has 2 aromatic rings. The van der Waals surface area contributed by atoms with Crippen LogP contribution in [-0.2, 0) is 0 Å². The van der Waals surface area contributed by atoms with Crippen LogP contribution in [-0.4, -0.2) is 10.2 Å². The first-order chi connectivity index (χ1) is 9.72. The van der Waals surface area contributed by atoms with Gasteiger partial charge >= 0.3 is 0 Å². The number of rotatable bonds is 2. The average Bonchev–Trinajstić information content (AvgIpc) is 2.49. The molecule has 0 fully saturated rings. The number of allylic oxidation sites excluding steroid dienone is 2. The summed E-state index contributed by atoms with van der Waals surface area (Å²) in [6.45, 7) is 0. The van der Waals surface area contributed by atoms with Gasteiger partial charge in [0.05, 0.1) is 0 Å². The molecule has 0 saturated heterocycles. The van der Waals surface area contributed by atoms with Crippen LogP contribution in [0, 0.1) is 0 Å². The predicted octanol–water partition coefficient (Wildman–Crippen LogP) is 4.45. The topological polar surface area (TPSA) is 40.5 Å². The monoisotopic (exact) mass is 266 g/mol. The molecule has 2 nitrogen and oxygen atoms in total. The second-order valence-electron chi connectivity index (χ2n) is 5.35. The van der Waals surface area contributed by atoms with E-state index < -0.39 is 0 Å². The number of phenols is 2. The zero-order valence-electron chi connectivity index (χ0n) is 11.3. The van der Waals surface area contributed by atoms with E-state index in [1.807, 2.05) is 24.3 Å². The Morgan fingerprint density at radius 2 is 1.40 bits per heavy atom. The molecule has 0 amide bonds. The fourth-order valence-corrected chi connectivity index (χ4v) is 2.85. The first-order valence-corrected chi connectivity index (χ1v) is 7.00. The highest BCUT2D eigenvalue weighted by atomic mass is 16.3. The number of phenolic OH excluding ortho intramolecular Hbond substituents is 2. The lowest BCUT2D eigenvalue weighted by Crippen LogP contribution is -2.04. The minimum absolute atomic E-state index is 0.306. The first kappa shape index (κ1) is 12.8. The van der Waals surface area contributed by atoms with Crippen LogP contribution < -0.4 is 0 Å². The average molecular weight is 266 g/mol. The van der Waals surface area contributed by atoms with Crippen LogP contribution in [0.15, 0.2) is 54.6 Å². The molecule has 0 aliphatic heterocycles. The smallest absolute Gasteiger partial charge is 0.115 e. The summed E-state index contributed by atoms with van der Waals surface area (Å²) < 4.78 is 0. The molecular weight excluding hydrogens is 248 g/mol. The van der Waals surface area contributed by atoms with Gasteiger partial charge in [-0.15, -0.1) is 0 Å². The molecule has 1 aliphatic carbocycles. The fraction of sp³-hybridized carbons (Fsp3) is 0.222. The molecule has 2 aromatic carbocycles. The summed E-state index contributed by atoms with van der Waals surface area (Å²) in [5.74, 6) is 1.13. The largest absolute Gasteiger partial charge is 0.508 e. The van der Waals surface area contributed by atoms with Gasteiger partial charge in [0.1, 0.15) is 11.5 Å². The summed E-state index contributed by atoms with van der Waals surface area (Å²) in [6.07, 6.45) is 5.52. The van der Waals surface area contributed by atoms with Crippen molar-refractivity contribution in [3.8, 4) is 11.5 Å². The summed E-state index contributed by atoms with van der Waals surface area (Å²) in [5, 5.41) is 18.7. The van der Waals surface area contributed by atoms with E-state index in [2.05, 4.69) is 6.08 Å². The van der Waals surface area contributed by atoms with Crippen molar-refractivity contribution < 1.29 is 10.2 Å². The number of hydrogen-bond acceptors (Lipinski definition) is 2. The standard InChI is InChI=1S/C18H18O2/c19-17-8-4-13(5-9-17)15-2-1-3-16(12-15)14-6-10-18(20)11-7-14/h2,4-11,16,19-20H,1,3,12H2. The molecule has 1 unspecified atom stereocenters. The lowest BCUT2D eigenvalue weighted by atomic mass is 9.81. The summed E-state index contributed by atoms with van der Waals surface area (Å²) in [5.41, 5.74) is 3.81. The molecule has 3 rings (SSSR count). The molecule has 0 saturated carbocycles. The second kappa shape index (κ2) is 5.41. The highest BCUT2D eigenvalue weighted by Gasteiger charge is 2.18. The van der Waals surface area contributed by atoms with Crippen LogP contribution in [0.5, 0.6) is 11.5 Å². The van der Waals surface area contributed by atoms with Crippen LogP contribution in [0.3, 0.4) is 0 Å². The van der Waals surface area contributed by atoms with Crippen LogP contribution in [0.4, 0.5) is 0 Å². The molecule has 0 aromatic heterocycles. The summed E-state index contributed by atoms with van der Waals surface area (Å²) in [4.78, 5) is 0. The Morgan fingerprint density at radius 1 is 0.800 bits per heavy atom. The van der Waals surface area contributed by atoms with Crippen LogP contribution in [0.2, 0.25) is 0 Å². The van der Waals surface area contributed by atoms with Crippen LogP contribution in [0.25, 0.3) is 5.57 Å². The normalized spacial score (nSPS) is 18.6. The van der Waals surface area contributed by atoms with Crippen molar-refractivity contribution in [1.29, 1.82) is 0 Å². The molecule has 0 bridgehead atoms. The highest BCUT2D eigenvalue weighted by molar-refractivity contribution is 5.67. The van der Waals surface area contributed by atoms with Gasteiger partial charge < -0.3 is 10.2 Å². The molecule has 2 heteroatoms. The van der Waals surface area contributed by atoms with E-state index in [1.165, 1.54) is 16.7 Å². The Hall–Kier alpha value is -2.22. The lowest BCUT2D eigenvalue weighted by molar-refractivity contribution is 0.474. The van der Waals surface area contributed by atoms with E-state index in [9.17, 15) is 10.2 Å². The third-order valence-corrected chi connectivity index (χ3v) is 3.97. The van der Waals surface area contributed by atoms with Gasteiger partial charge in [-0.3, -0.25) is 0 Å². The van der Waals surface area contributed by atoms with Crippen molar-refractivity contribution in [3.63, 3.8) is 0 Å². The molecule has 2 N–H and O–H groups in total. The Kier molecular flexibility index (Phi) is 3.46. The Labute approximate surface area is 119 Å². The van der Waals surface area contributed by atoms with Crippen molar-refractivity contribution in [2.45, 2.75) is 25.2 Å². The van der Waals surface area contributed by atoms with E-state index >= 15 is 0 Å². The van der Waals surface area contributed by atoms with Crippen molar-refractivity contribution in [2.75, 3.05) is 0 Å². The maximum absolute atomic E-state index is 9.38. The fourth-order valence-electron chi connectivity index (χ4n) is 2.85. The number of hydrogen-bond donors (Lipinski definition) is 2. The van der Waals surface area contributed by atoms with Crippen molar-refractivity contribution in [1.82, 2.24) is 0 Å². The summed E-state index contributed by atoms with van der Waals surface area (Å²) >= 11 is 0. The molecule has 1 aliphatic rings. The lowest BCUT2D eigenvalue weighted by Gasteiger charge is -2.23. The highest BCUT2D eigenvalue weighted by Crippen LogP contribution is 2.37. The molecule has 102 valence electrons. The summed E-state index contributed by atoms with van der Waals surface area (Å²) in [6, 6.07) is 15.0. The molecular formula is C18H18O2. The minimum Gasteiger partial charge on any atom is -0.508 e. The zero-order chi connectivity index (χ0) is 13.9. The summed E-state index contributed by atoms with van der Waals surface area (Å²) in [7, 11) is 0. The first-order valence-electron chi connectivity index (χ1n) is 7.00. The van der Waals surface area contributed by atoms with E-state index in [0.717, 1.165) is 19.3 Å². The van der Waals surface area contributed by atoms with Gasteiger partial charge in [-0.25, -0.2) is 0 Å². The van der Waals surface area contributed by atoms with Gasteiger partial charge in [0, 0.05) is 0 Å². The van der Waals surface area contributed by atoms with E-state index in [-0.39, 0.29) is 0 Å². The van der Waals surface area contributed by atoms with Gasteiger partial charge in [0.25, 0.3) is 0 Å². The maximum atomic E-state index is 9.38. The maximum Gasteiger partial charge on any atom is 0.115 e. The molecule has 0 radical (unpaired) electrons. The van der Waals surface area contributed by atoms with Crippen LogP contribution >= 0.6 is 0 Å². The van der Waals surface area contributed by atoms with Gasteiger partial charge in [0.2, 0.25) is 0 Å². The number of aromatic hydroxyl groups is 2. The van der Waals surface area contributed by atoms with Crippen LogP contribution in [0.1, 0.15) is 36.3 Å². The minimum atomic E-state index is 0.306. The second-order valence-corrected chi connectivity index (χ2v) is 5.35. The zero-order valence-corrected chi connectivity index (χ0v) is 11.3. The molecule has 20 heavy (non-hydrogen) atoms. The van der Waals surface area contributed by atoms with E-state index in [1.54, 1.807) is 24.3 Å². The van der Waals surface area contributed by atoms with E-state index in [0.29, 0.717) is 17.4 Å².